The molecule has 2 aliphatic heterocycles. The van der Waals surface area contributed by atoms with Gasteiger partial charge in [-0.05, 0) is 61.1 Å². The van der Waals surface area contributed by atoms with Gasteiger partial charge in [0.05, 0.1) is 7.11 Å². The van der Waals surface area contributed by atoms with E-state index in [0.29, 0.717) is 50.2 Å². The van der Waals surface area contributed by atoms with Crippen LogP contribution in [0.5, 0.6) is 5.75 Å². The number of carbonyl (C=O) groups excluding carboxylic acids is 5. The van der Waals surface area contributed by atoms with Crippen LogP contribution in [0.4, 0.5) is 0 Å². The minimum absolute atomic E-state index is 0.0205. The molecule has 1 unspecified atom stereocenters. The minimum atomic E-state index is -1.02. The first-order valence-corrected chi connectivity index (χ1v) is 16.1. The lowest BCUT2D eigenvalue weighted by atomic mass is 9.96. The fourth-order valence-electron chi connectivity index (χ4n) is 5.18. The Balaban J connectivity index is 1.92. The molecular weight excluding hydrogens is 586 g/mol. The first kappa shape index (κ1) is 36.1. The Hall–Kier alpha value is -4.41. The van der Waals surface area contributed by atoms with Crippen LogP contribution in [0.25, 0.3) is 0 Å². The SMILES string of the molecule is CC[C@H](C)C1NC(=O)c2ccc(cc2)CN(C(=O)C(C)C)CCCCNC(=O)[C@@H](C)NC(=O)[C@H](Cc2ccc(OC)cc2)NC1=O. The van der Waals surface area contributed by atoms with Gasteiger partial charge in [0, 0.05) is 37.5 Å². The molecule has 250 valence electrons. The molecule has 0 saturated carbocycles. The highest BCUT2D eigenvalue weighted by Crippen LogP contribution is 2.16. The third-order valence-electron chi connectivity index (χ3n) is 8.32. The molecule has 0 fully saturated rings. The van der Waals surface area contributed by atoms with Crippen LogP contribution in [0.1, 0.15) is 75.4 Å². The number of rotatable bonds is 6. The van der Waals surface area contributed by atoms with Crippen molar-refractivity contribution in [3.8, 4) is 5.75 Å². The van der Waals surface area contributed by atoms with E-state index in [2.05, 4.69) is 21.3 Å². The topological polar surface area (TPSA) is 146 Å². The Labute approximate surface area is 272 Å². The van der Waals surface area contributed by atoms with Gasteiger partial charge in [-0.2, -0.15) is 0 Å². The molecule has 11 heteroatoms. The van der Waals surface area contributed by atoms with Crippen LogP contribution in [0, 0.1) is 11.8 Å². The number of amides is 5. The summed E-state index contributed by atoms with van der Waals surface area (Å²) in [6.07, 6.45) is 2.07. The summed E-state index contributed by atoms with van der Waals surface area (Å²) in [5.74, 6) is -1.55. The van der Waals surface area contributed by atoms with Gasteiger partial charge >= 0.3 is 0 Å². The second kappa shape index (κ2) is 17.3. The van der Waals surface area contributed by atoms with Crippen molar-refractivity contribution in [2.24, 2.45) is 11.8 Å². The molecule has 2 aromatic rings. The summed E-state index contributed by atoms with van der Waals surface area (Å²) < 4.78 is 5.24. The number of benzene rings is 2. The number of hydrogen-bond acceptors (Lipinski definition) is 6. The number of fused-ring (bicyclic) bond motifs is 18. The van der Waals surface area contributed by atoms with Gasteiger partial charge in [-0.15, -0.1) is 0 Å². The number of nitrogens with one attached hydrogen (secondary N) is 4. The smallest absolute Gasteiger partial charge is 0.251 e. The Kier molecular flexibility index (Phi) is 13.6. The van der Waals surface area contributed by atoms with Crippen LogP contribution in [0.15, 0.2) is 48.5 Å². The molecule has 0 saturated heterocycles. The number of ether oxygens (including phenoxy) is 1. The van der Waals surface area contributed by atoms with Crippen molar-refractivity contribution in [2.45, 2.75) is 85.0 Å². The molecular formula is C35H49N5O6. The zero-order chi connectivity index (χ0) is 33.8. The van der Waals surface area contributed by atoms with Crippen LogP contribution >= 0.6 is 0 Å². The van der Waals surface area contributed by atoms with Gasteiger partial charge in [0.15, 0.2) is 0 Å². The van der Waals surface area contributed by atoms with Crippen LogP contribution < -0.4 is 26.0 Å². The number of carbonyl (C=O) groups is 5. The maximum absolute atomic E-state index is 13.7. The second-order valence-electron chi connectivity index (χ2n) is 12.3. The quantitative estimate of drug-likeness (QED) is 0.359. The van der Waals surface area contributed by atoms with Crippen LogP contribution in [0.2, 0.25) is 0 Å². The average Bonchev–Trinajstić information content (AvgIpc) is 3.05. The Bertz CT molecular complexity index is 1340. The maximum atomic E-state index is 13.7. The van der Waals surface area contributed by atoms with E-state index in [-0.39, 0.29) is 30.1 Å². The molecule has 0 aromatic heterocycles. The maximum Gasteiger partial charge on any atom is 0.251 e. The normalized spacial score (nSPS) is 21.4. The highest BCUT2D eigenvalue weighted by molar-refractivity contribution is 5.99. The number of nitrogens with zero attached hydrogens (tertiary/aromatic N) is 1. The number of methoxy groups -OCH3 is 1. The lowest BCUT2D eigenvalue weighted by Crippen LogP contribution is -2.58. The standard InChI is InChI=1S/C35H49N5O6/c1-7-23(4)30-34(44)38-29(20-25-12-16-28(46-6)17-13-25)33(43)37-24(5)31(41)36-18-8-9-19-40(35(45)22(2)3)21-26-10-14-27(15-11-26)32(42)39-30/h10-17,22-24,29-30H,7-9,18-21H2,1-6H3,(H,36,41)(H,37,43)(H,38,44)(H,39,42)/t23-,24+,29-,30?/m0/s1. The van der Waals surface area contributed by atoms with E-state index >= 15 is 0 Å². The van der Waals surface area contributed by atoms with Crippen molar-refractivity contribution in [2.75, 3.05) is 20.2 Å². The summed E-state index contributed by atoms with van der Waals surface area (Å²) in [6, 6.07) is 11.4. The second-order valence-corrected chi connectivity index (χ2v) is 12.3. The molecule has 46 heavy (non-hydrogen) atoms. The summed E-state index contributed by atoms with van der Waals surface area (Å²) >= 11 is 0. The largest absolute Gasteiger partial charge is 0.497 e. The van der Waals surface area contributed by atoms with E-state index in [4.69, 9.17) is 4.74 Å². The van der Waals surface area contributed by atoms with Crippen molar-refractivity contribution >= 4 is 29.5 Å². The molecule has 4 rings (SSSR count). The van der Waals surface area contributed by atoms with Crippen molar-refractivity contribution < 1.29 is 28.7 Å². The van der Waals surface area contributed by atoms with Gasteiger partial charge < -0.3 is 30.9 Å². The van der Waals surface area contributed by atoms with E-state index < -0.39 is 35.8 Å². The fraction of sp³-hybridized carbons (Fsp3) is 0.514. The highest BCUT2D eigenvalue weighted by atomic mass is 16.5. The summed E-state index contributed by atoms with van der Waals surface area (Å²) in [6.45, 7) is 10.4. The van der Waals surface area contributed by atoms with E-state index in [1.807, 2.05) is 52.0 Å². The molecule has 0 spiro atoms. The van der Waals surface area contributed by atoms with E-state index in [1.54, 1.807) is 43.2 Å². The molecule has 4 N–H and O–H groups in total. The van der Waals surface area contributed by atoms with Gasteiger partial charge in [-0.25, -0.2) is 0 Å². The van der Waals surface area contributed by atoms with Gasteiger partial charge in [0.1, 0.15) is 23.9 Å². The van der Waals surface area contributed by atoms with E-state index in [9.17, 15) is 24.0 Å². The third kappa shape index (κ3) is 10.3. The van der Waals surface area contributed by atoms with Crippen molar-refractivity contribution in [3.05, 3.63) is 65.2 Å². The minimum Gasteiger partial charge on any atom is -0.497 e. The third-order valence-corrected chi connectivity index (χ3v) is 8.32. The van der Waals surface area contributed by atoms with E-state index in [1.165, 1.54) is 0 Å². The Morgan fingerprint density at radius 1 is 0.891 bits per heavy atom. The molecule has 4 atom stereocenters. The van der Waals surface area contributed by atoms with Crippen molar-refractivity contribution in [3.63, 3.8) is 0 Å². The lowest BCUT2D eigenvalue weighted by Gasteiger charge is -2.27. The van der Waals surface area contributed by atoms with Crippen LogP contribution in [-0.2, 0) is 32.1 Å². The van der Waals surface area contributed by atoms with Crippen molar-refractivity contribution in [1.82, 2.24) is 26.2 Å². The predicted octanol–water partition coefficient (Wildman–Crippen LogP) is 2.97. The Morgan fingerprint density at radius 2 is 1.57 bits per heavy atom. The summed E-state index contributed by atoms with van der Waals surface area (Å²) in [5.41, 5.74) is 2.03. The zero-order valence-corrected chi connectivity index (χ0v) is 27.9. The van der Waals surface area contributed by atoms with Gasteiger partial charge in [0.25, 0.3) is 5.91 Å². The van der Waals surface area contributed by atoms with Gasteiger partial charge in [-0.3, -0.25) is 24.0 Å². The van der Waals surface area contributed by atoms with E-state index in [0.717, 1.165) is 11.1 Å². The molecule has 11 nitrogen and oxygen atoms in total. The fourth-order valence-corrected chi connectivity index (χ4v) is 5.18. The molecule has 0 aliphatic carbocycles. The van der Waals surface area contributed by atoms with Gasteiger partial charge in [0.2, 0.25) is 23.6 Å². The first-order valence-electron chi connectivity index (χ1n) is 16.1. The number of hydrogen-bond donors (Lipinski definition) is 4. The molecule has 5 amide bonds. The molecule has 0 radical (unpaired) electrons. The summed E-state index contributed by atoms with van der Waals surface area (Å²) in [4.78, 5) is 68.3. The van der Waals surface area contributed by atoms with Crippen LogP contribution in [-0.4, -0.2) is 72.8 Å². The molecule has 2 heterocycles. The Morgan fingerprint density at radius 3 is 2.17 bits per heavy atom. The summed E-state index contributed by atoms with van der Waals surface area (Å²) in [5, 5.41) is 11.3. The monoisotopic (exact) mass is 635 g/mol. The zero-order valence-electron chi connectivity index (χ0n) is 27.9. The van der Waals surface area contributed by atoms with Gasteiger partial charge in [-0.1, -0.05) is 58.4 Å². The molecule has 2 aromatic carbocycles. The van der Waals surface area contributed by atoms with Crippen LogP contribution in [0.3, 0.4) is 0 Å². The molecule has 2 bridgehead atoms. The van der Waals surface area contributed by atoms with Crippen molar-refractivity contribution in [1.29, 1.82) is 0 Å². The highest BCUT2D eigenvalue weighted by Gasteiger charge is 2.31. The predicted molar refractivity (Wildman–Crippen MR) is 176 cm³/mol. The average molecular weight is 636 g/mol. The lowest BCUT2D eigenvalue weighted by molar-refractivity contribution is -0.135. The summed E-state index contributed by atoms with van der Waals surface area (Å²) in [7, 11) is 1.56. The molecule has 2 aliphatic rings. The first-order chi connectivity index (χ1) is 21.9.